The van der Waals surface area contributed by atoms with Gasteiger partial charge in [-0.1, -0.05) is 23.2 Å². The Morgan fingerprint density at radius 3 is 2.00 bits per heavy atom. The van der Waals surface area contributed by atoms with Crippen molar-refractivity contribution in [2.75, 3.05) is 6.61 Å². The Bertz CT molecular complexity index is 924. The lowest BCUT2D eigenvalue weighted by Gasteiger charge is -2.07. The molecule has 12 heteroatoms. The molecule has 150 valence electrons. The van der Waals surface area contributed by atoms with E-state index in [9.17, 15) is 20.2 Å². The van der Waals surface area contributed by atoms with Gasteiger partial charge in [0.15, 0.2) is 0 Å². The summed E-state index contributed by atoms with van der Waals surface area (Å²) in [6.07, 6.45) is 2.37. The number of nitro groups is 2. The number of phenolic OH excluding ortho intramolecular Hbond substituents is 1. The first-order valence-corrected chi connectivity index (χ1v) is 10.0. The number of hydrogen-bond donors (Lipinski definition) is 1. The summed E-state index contributed by atoms with van der Waals surface area (Å²) in [6.45, 7) is 0.629. The average molecular weight is 559 g/mol. The number of ether oxygens (including phenoxy) is 1. The maximum Gasteiger partial charge on any atom is 0.285 e. The number of halogens is 4. The van der Waals surface area contributed by atoms with Crippen molar-refractivity contribution < 1.29 is 19.7 Å². The third-order valence-electron chi connectivity index (χ3n) is 3.58. The Kier molecular flexibility index (Phi) is 7.87. The fraction of sp³-hybridized carbons (Fsp3) is 0.250. The highest BCUT2D eigenvalue weighted by Crippen LogP contribution is 2.37. The summed E-state index contributed by atoms with van der Waals surface area (Å²) >= 11 is 17.4. The fourth-order valence-electron chi connectivity index (χ4n) is 1.93. The molecule has 0 bridgehead atoms. The van der Waals surface area contributed by atoms with Gasteiger partial charge in [0.25, 0.3) is 11.4 Å². The van der Waals surface area contributed by atoms with Crippen molar-refractivity contribution in [1.29, 1.82) is 0 Å². The van der Waals surface area contributed by atoms with Crippen LogP contribution in [0.4, 0.5) is 11.4 Å². The van der Waals surface area contributed by atoms with E-state index in [0.29, 0.717) is 22.7 Å². The minimum Gasteiger partial charge on any atom is -0.506 e. The van der Waals surface area contributed by atoms with E-state index in [-0.39, 0.29) is 31.6 Å². The molecule has 0 aliphatic heterocycles. The van der Waals surface area contributed by atoms with Crippen molar-refractivity contribution in [2.24, 2.45) is 5.92 Å². The van der Waals surface area contributed by atoms with E-state index in [1.54, 1.807) is 6.07 Å². The zero-order chi connectivity index (χ0) is 21.0. The van der Waals surface area contributed by atoms with Gasteiger partial charge in [-0.2, -0.15) is 0 Å². The standard InChI is InChI=1S/C10H9BrClNO3.C6H3BrClNO3/c11-7-3-10(16-5-6-1-2-6)8(12)4-9(7)13(14)15;7-3-1-6(10)4(8)2-5(3)9(11)12/h3-4,6H,1-2,5H2;1-2,10H. The lowest BCUT2D eigenvalue weighted by Crippen LogP contribution is -2.00. The van der Waals surface area contributed by atoms with Gasteiger partial charge < -0.3 is 9.84 Å². The zero-order valence-electron chi connectivity index (χ0n) is 13.9. The van der Waals surface area contributed by atoms with Crippen LogP contribution in [0.5, 0.6) is 11.5 Å². The van der Waals surface area contributed by atoms with Gasteiger partial charge in [0.1, 0.15) is 11.5 Å². The first kappa shape index (κ1) is 22.7. The predicted octanol–water partition coefficient (Wildman–Crippen LogP) is 6.52. The fourth-order valence-corrected chi connectivity index (χ4v) is 3.24. The maximum absolute atomic E-state index is 10.6. The minimum atomic E-state index is -0.588. The SMILES string of the molecule is O=[N+]([O-])c1cc(Cl)c(O)cc1Br.O=[N+]([O-])c1cc(Cl)c(OCC2CC2)cc1Br. The van der Waals surface area contributed by atoms with Crippen molar-refractivity contribution in [3.63, 3.8) is 0 Å². The van der Waals surface area contributed by atoms with Gasteiger partial charge in [-0.15, -0.1) is 0 Å². The molecule has 0 aromatic heterocycles. The number of phenols is 1. The van der Waals surface area contributed by atoms with Crippen LogP contribution < -0.4 is 4.74 Å². The molecule has 1 fully saturated rings. The Hall–Kier alpha value is -1.62. The van der Waals surface area contributed by atoms with Gasteiger partial charge in [-0.05, 0) is 50.6 Å². The maximum atomic E-state index is 10.6. The molecule has 1 aliphatic rings. The molecule has 2 aromatic carbocycles. The molecule has 0 saturated heterocycles. The molecule has 0 unspecified atom stereocenters. The highest BCUT2D eigenvalue weighted by Gasteiger charge is 2.23. The van der Waals surface area contributed by atoms with Gasteiger partial charge >= 0.3 is 0 Å². The highest BCUT2D eigenvalue weighted by molar-refractivity contribution is 9.11. The third-order valence-corrected chi connectivity index (χ3v) is 5.45. The highest BCUT2D eigenvalue weighted by atomic mass is 79.9. The Morgan fingerprint density at radius 1 is 1.00 bits per heavy atom. The lowest BCUT2D eigenvalue weighted by atomic mass is 10.3. The summed E-state index contributed by atoms with van der Waals surface area (Å²) in [7, 11) is 0. The molecule has 1 N–H and O–H groups in total. The largest absolute Gasteiger partial charge is 0.506 e. The Balaban J connectivity index is 0.000000209. The van der Waals surface area contributed by atoms with Crippen LogP contribution in [0.1, 0.15) is 12.8 Å². The van der Waals surface area contributed by atoms with E-state index in [4.69, 9.17) is 33.0 Å². The Labute approximate surface area is 186 Å². The second kappa shape index (κ2) is 9.73. The zero-order valence-corrected chi connectivity index (χ0v) is 18.6. The monoisotopic (exact) mass is 556 g/mol. The van der Waals surface area contributed by atoms with Crippen molar-refractivity contribution in [3.05, 3.63) is 63.5 Å². The van der Waals surface area contributed by atoms with Crippen LogP contribution in [0.2, 0.25) is 10.0 Å². The minimum absolute atomic E-state index is 0.0371. The van der Waals surface area contributed by atoms with E-state index in [1.807, 2.05) is 0 Å². The van der Waals surface area contributed by atoms with E-state index in [0.717, 1.165) is 6.07 Å². The number of benzene rings is 2. The molecule has 0 amide bonds. The number of nitrogens with zero attached hydrogens (tertiary/aromatic N) is 2. The Morgan fingerprint density at radius 2 is 1.50 bits per heavy atom. The van der Waals surface area contributed by atoms with Crippen LogP contribution in [0.3, 0.4) is 0 Å². The lowest BCUT2D eigenvalue weighted by molar-refractivity contribution is -0.385. The molecule has 0 heterocycles. The van der Waals surface area contributed by atoms with E-state index in [2.05, 4.69) is 31.9 Å². The van der Waals surface area contributed by atoms with Crippen LogP contribution in [-0.4, -0.2) is 21.6 Å². The van der Waals surface area contributed by atoms with Crippen molar-refractivity contribution in [3.8, 4) is 11.5 Å². The first-order chi connectivity index (χ1) is 13.1. The molecule has 1 aliphatic carbocycles. The number of hydrogen-bond acceptors (Lipinski definition) is 6. The van der Waals surface area contributed by atoms with Crippen LogP contribution in [0.15, 0.2) is 33.2 Å². The number of rotatable bonds is 5. The van der Waals surface area contributed by atoms with Crippen LogP contribution in [-0.2, 0) is 0 Å². The third kappa shape index (κ3) is 6.20. The van der Waals surface area contributed by atoms with Gasteiger partial charge in [0, 0.05) is 24.3 Å². The topological polar surface area (TPSA) is 116 Å². The number of aromatic hydroxyl groups is 1. The molecule has 0 atom stereocenters. The molecule has 0 radical (unpaired) electrons. The molecule has 3 rings (SSSR count). The van der Waals surface area contributed by atoms with E-state index >= 15 is 0 Å². The van der Waals surface area contributed by atoms with Crippen molar-refractivity contribution in [1.82, 2.24) is 0 Å². The molecule has 2 aromatic rings. The van der Waals surface area contributed by atoms with Crippen LogP contribution >= 0.6 is 55.1 Å². The van der Waals surface area contributed by atoms with Gasteiger partial charge in [-0.3, -0.25) is 20.2 Å². The number of nitro benzene ring substituents is 2. The summed E-state index contributed by atoms with van der Waals surface area (Å²) in [6, 6.07) is 5.11. The molecule has 0 spiro atoms. The summed E-state index contributed by atoms with van der Waals surface area (Å²) in [5.74, 6) is 0.921. The van der Waals surface area contributed by atoms with Gasteiger partial charge in [0.05, 0.1) is 35.4 Å². The van der Waals surface area contributed by atoms with Crippen molar-refractivity contribution in [2.45, 2.75) is 12.8 Å². The summed E-state index contributed by atoms with van der Waals surface area (Å²) < 4.78 is 6.08. The van der Waals surface area contributed by atoms with E-state index < -0.39 is 9.85 Å². The van der Waals surface area contributed by atoms with E-state index in [1.165, 1.54) is 25.0 Å². The normalized spacial score (nSPS) is 12.7. The second-order valence-corrected chi connectivity index (χ2v) is 8.28. The van der Waals surface area contributed by atoms with Gasteiger partial charge in [-0.25, -0.2) is 0 Å². The summed E-state index contributed by atoms with van der Waals surface area (Å²) in [4.78, 5) is 19.9. The summed E-state index contributed by atoms with van der Waals surface area (Å²) in [5, 5.41) is 30.2. The van der Waals surface area contributed by atoms with Crippen molar-refractivity contribution >= 4 is 66.4 Å². The predicted molar refractivity (Wildman–Crippen MR) is 111 cm³/mol. The first-order valence-electron chi connectivity index (χ1n) is 7.68. The smallest absolute Gasteiger partial charge is 0.285 e. The van der Waals surface area contributed by atoms with Crippen LogP contribution in [0.25, 0.3) is 0 Å². The molecule has 1 saturated carbocycles. The molecule has 8 nitrogen and oxygen atoms in total. The quantitative estimate of drug-likeness (QED) is 0.330. The van der Waals surface area contributed by atoms with Gasteiger partial charge in [0.2, 0.25) is 0 Å². The molecular formula is C16H12Br2Cl2N2O6. The summed E-state index contributed by atoms with van der Waals surface area (Å²) in [5.41, 5.74) is -0.221. The second-order valence-electron chi connectivity index (χ2n) is 5.76. The molecule has 28 heavy (non-hydrogen) atoms. The van der Waals surface area contributed by atoms with Crippen LogP contribution in [0, 0.1) is 26.1 Å². The average Bonchev–Trinajstić information content (AvgIpc) is 3.43. The molecular weight excluding hydrogens is 547 g/mol.